The maximum Gasteiger partial charge on any atom is 0.223 e. The number of anilines is 1. The van der Waals surface area contributed by atoms with Crippen LogP contribution in [0.4, 0.5) is 10.1 Å². The number of carbonyl (C=O) groups is 1. The van der Waals surface area contributed by atoms with E-state index in [4.69, 9.17) is 4.74 Å². The summed E-state index contributed by atoms with van der Waals surface area (Å²) >= 11 is 5.88. The van der Waals surface area contributed by atoms with Gasteiger partial charge in [-0.25, -0.2) is 4.98 Å². The fraction of sp³-hybridized carbons (Fsp3) is 0.154. The molecule has 2 rings (SSSR count). The Morgan fingerprint density at radius 3 is 2.70 bits per heavy atom. The monoisotopic (exact) mass is 305 g/mol. The molecule has 0 atom stereocenters. The van der Waals surface area contributed by atoms with Gasteiger partial charge in [0.2, 0.25) is 5.91 Å². The van der Waals surface area contributed by atoms with E-state index < -0.39 is 0 Å². The zero-order chi connectivity index (χ0) is 14.5. The van der Waals surface area contributed by atoms with Crippen molar-refractivity contribution in [3.8, 4) is 17.0 Å². The summed E-state index contributed by atoms with van der Waals surface area (Å²) in [5, 5.41) is 6.05. The van der Waals surface area contributed by atoms with Gasteiger partial charge in [0, 0.05) is 12.5 Å². The number of ether oxygens (including phenoxy) is 1. The summed E-state index contributed by atoms with van der Waals surface area (Å²) in [5.74, 6) is 0.573. The molecule has 0 aliphatic carbocycles. The summed E-state index contributed by atoms with van der Waals surface area (Å²) < 4.78 is 5.11. The summed E-state index contributed by atoms with van der Waals surface area (Å²) in [6, 6.07) is 7.40. The van der Waals surface area contributed by atoms with Crippen molar-refractivity contribution in [2.45, 2.75) is 6.92 Å². The molecule has 1 aromatic carbocycles. The summed E-state index contributed by atoms with van der Waals surface area (Å²) in [4.78, 5) is 19.4. The van der Waals surface area contributed by atoms with E-state index in [0.29, 0.717) is 15.8 Å². The minimum absolute atomic E-state index is 0.182. The van der Waals surface area contributed by atoms with Crippen LogP contribution in [0, 0.1) is 0 Å². The average Bonchev–Trinajstić information content (AvgIpc) is 2.81. The molecule has 1 heterocycles. The molecular weight excluding hydrogens is 294 g/mol. The SMILES string of the molecule is COc1ccc(-c2nc(NC(C)=O)sc2N=C=S)cc1. The molecule has 7 heteroatoms. The van der Waals surface area contributed by atoms with E-state index in [1.807, 2.05) is 24.3 Å². The van der Waals surface area contributed by atoms with Gasteiger partial charge in [-0.3, -0.25) is 4.79 Å². The Bertz CT molecular complexity index is 673. The van der Waals surface area contributed by atoms with Gasteiger partial charge in [-0.1, -0.05) is 11.3 Å². The molecule has 20 heavy (non-hydrogen) atoms. The highest BCUT2D eigenvalue weighted by atomic mass is 32.1. The summed E-state index contributed by atoms with van der Waals surface area (Å²) in [6.07, 6.45) is 0. The fourth-order valence-corrected chi connectivity index (χ4v) is 2.59. The highest BCUT2D eigenvalue weighted by Crippen LogP contribution is 2.38. The molecule has 0 aliphatic heterocycles. The number of isothiocyanates is 1. The number of nitrogens with zero attached hydrogens (tertiary/aromatic N) is 2. The van der Waals surface area contributed by atoms with Gasteiger partial charge in [-0.05, 0) is 36.5 Å². The van der Waals surface area contributed by atoms with Crippen LogP contribution in [0.25, 0.3) is 11.3 Å². The highest BCUT2D eigenvalue weighted by Gasteiger charge is 2.13. The van der Waals surface area contributed by atoms with E-state index >= 15 is 0 Å². The number of benzene rings is 1. The normalized spacial score (nSPS) is 9.70. The molecule has 5 nitrogen and oxygen atoms in total. The lowest BCUT2D eigenvalue weighted by Gasteiger charge is -2.01. The smallest absolute Gasteiger partial charge is 0.223 e. The lowest BCUT2D eigenvalue weighted by molar-refractivity contribution is -0.114. The second kappa shape index (κ2) is 6.38. The second-order valence-electron chi connectivity index (χ2n) is 3.79. The largest absolute Gasteiger partial charge is 0.497 e. The Morgan fingerprint density at radius 1 is 1.45 bits per heavy atom. The van der Waals surface area contributed by atoms with Crippen molar-refractivity contribution in [3.05, 3.63) is 24.3 Å². The van der Waals surface area contributed by atoms with Gasteiger partial charge in [0.1, 0.15) is 11.4 Å². The van der Waals surface area contributed by atoms with Crippen LogP contribution in [0.5, 0.6) is 5.75 Å². The Hall–Kier alpha value is -2.08. The van der Waals surface area contributed by atoms with Gasteiger partial charge in [-0.2, -0.15) is 4.99 Å². The predicted molar refractivity (Wildman–Crippen MR) is 83.1 cm³/mol. The van der Waals surface area contributed by atoms with Gasteiger partial charge in [0.15, 0.2) is 10.1 Å². The van der Waals surface area contributed by atoms with Gasteiger partial charge in [0.05, 0.1) is 12.3 Å². The number of aromatic nitrogens is 1. The van der Waals surface area contributed by atoms with E-state index in [1.165, 1.54) is 18.3 Å². The van der Waals surface area contributed by atoms with Crippen LogP contribution in [0.15, 0.2) is 29.3 Å². The molecule has 0 spiro atoms. The highest BCUT2D eigenvalue weighted by molar-refractivity contribution is 7.78. The number of thiazole rings is 1. The maximum absolute atomic E-state index is 11.1. The van der Waals surface area contributed by atoms with E-state index in [1.54, 1.807) is 7.11 Å². The number of hydrogen-bond donors (Lipinski definition) is 1. The number of methoxy groups -OCH3 is 1. The van der Waals surface area contributed by atoms with Crippen molar-refractivity contribution in [3.63, 3.8) is 0 Å². The maximum atomic E-state index is 11.1. The molecule has 0 radical (unpaired) electrons. The van der Waals surface area contributed by atoms with Crippen LogP contribution in [-0.2, 0) is 4.79 Å². The van der Waals surface area contributed by atoms with Gasteiger partial charge in [0.25, 0.3) is 0 Å². The molecule has 1 N–H and O–H groups in total. The molecule has 0 aliphatic rings. The number of carbonyl (C=O) groups excluding carboxylic acids is 1. The van der Waals surface area contributed by atoms with Gasteiger partial charge >= 0.3 is 0 Å². The van der Waals surface area contributed by atoms with Crippen LogP contribution in [0.3, 0.4) is 0 Å². The van der Waals surface area contributed by atoms with E-state index in [0.717, 1.165) is 11.3 Å². The molecule has 102 valence electrons. The van der Waals surface area contributed by atoms with Crippen molar-refractivity contribution in [1.29, 1.82) is 0 Å². The first-order chi connectivity index (χ1) is 9.63. The van der Waals surface area contributed by atoms with Crippen LogP contribution in [-0.4, -0.2) is 23.2 Å². The summed E-state index contributed by atoms with van der Waals surface area (Å²) in [7, 11) is 1.61. The van der Waals surface area contributed by atoms with Crippen molar-refractivity contribution in [2.75, 3.05) is 12.4 Å². The molecule has 0 unspecified atom stereocenters. The van der Waals surface area contributed by atoms with E-state index in [2.05, 4.69) is 32.7 Å². The molecule has 1 aromatic heterocycles. The number of rotatable bonds is 4. The van der Waals surface area contributed by atoms with Crippen LogP contribution in [0.1, 0.15) is 6.92 Å². The van der Waals surface area contributed by atoms with Crippen molar-refractivity contribution in [1.82, 2.24) is 4.98 Å². The Balaban J connectivity index is 2.44. The fourth-order valence-electron chi connectivity index (χ4n) is 1.57. The zero-order valence-electron chi connectivity index (χ0n) is 10.8. The number of aliphatic imine (C=N–C) groups is 1. The summed E-state index contributed by atoms with van der Waals surface area (Å²) in [5.41, 5.74) is 1.52. The topological polar surface area (TPSA) is 63.6 Å². The quantitative estimate of drug-likeness (QED) is 0.693. The Labute approximate surface area is 125 Å². The molecule has 2 aromatic rings. The van der Waals surface area contributed by atoms with Crippen molar-refractivity contribution in [2.24, 2.45) is 4.99 Å². The minimum Gasteiger partial charge on any atom is -0.497 e. The third-order valence-electron chi connectivity index (χ3n) is 2.40. The Morgan fingerprint density at radius 2 is 2.15 bits per heavy atom. The molecule has 1 amide bonds. The third kappa shape index (κ3) is 3.27. The Kier molecular flexibility index (Phi) is 4.57. The third-order valence-corrected chi connectivity index (χ3v) is 3.36. The van der Waals surface area contributed by atoms with E-state index in [9.17, 15) is 4.79 Å². The van der Waals surface area contributed by atoms with Crippen LogP contribution < -0.4 is 10.1 Å². The van der Waals surface area contributed by atoms with Crippen LogP contribution in [0.2, 0.25) is 0 Å². The predicted octanol–water partition coefficient (Wildman–Crippen LogP) is 3.51. The molecular formula is C13H11N3O2S2. The molecule has 0 saturated carbocycles. The second-order valence-corrected chi connectivity index (χ2v) is 4.95. The lowest BCUT2D eigenvalue weighted by Crippen LogP contribution is -2.04. The minimum atomic E-state index is -0.182. The van der Waals surface area contributed by atoms with E-state index in [-0.39, 0.29) is 5.91 Å². The first kappa shape index (κ1) is 14.3. The number of nitrogens with one attached hydrogen (secondary N) is 1. The standard InChI is InChI=1S/C13H11N3O2S2/c1-8(17)15-13-16-11(12(20-13)14-7-19)9-3-5-10(18-2)6-4-9/h3-6H,1-2H3,(H,15,16,17). The van der Waals surface area contributed by atoms with Crippen LogP contribution >= 0.6 is 23.6 Å². The first-order valence-corrected chi connectivity index (χ1v) is 6.87. The summed E-state index contributed by atoms with van der Waals surface area (Å²) in [6.45, 7) is 1.43. The molecule has 0 fully saturated rings. The van der Waals surface area contributed by atoms with Crippen molar-refractivity contribution < 1.29 is 9.53 Å². The van der Waals surface area contributed by atoms with Gasteiger partial charge in [-0.15, -0.1) is 0 Å². The number of amides is 1. The first-order valence-electron chi connectivity index (χ1n) is 5.64. The molecule has 0 saturated heterocycles. The molecule has 0 bridgehead atoms. The zero-order valence-corrected chi connectivity index (χ0v) is 12.5. The number of hydrogen-bond acceptors (Lipinski definition) is 6. The van der Waals surface area contributed by atoms with Gasteiger partial charge < -0.3 is 10.1 Å². The average molecular weight is 305 g/mol. The van der Waals surface area contributed by atoms with Crippen molar-refractivity contribution >= 4 is 44.8 Å². The lowest BCUT2D eigenvalue weighted by atomic mass is 10.1. The number of thiocarbonyl (C=S) groups is 1.